The Kier molecular flexibility index (Phi) is 10.3. The van der Waals surface area contributed by atoms with Gasteiger partial charge >= 0.3 is 12.4 Å². The number of halogens is 6. The predicted molar refractivity (Wildman–Crippen MR) is 191 cm³/mol. The number of likely N-dealkylation sites (tertiary alicyclic amines) is 2. The first-order chi connectivity index (χ1) is 25.3. The van der Waals surface area contributed by atoms with E-state index < -0.39 is 29.9 Å². The summed E-state index contributed by atoms with van der Waals surface area (Å²) in [6, 6.07) is 14.9. The summed E-state index contributed by atoms with van der Waals surface area (Å²) in [6.45, 7) is 3.48. The van der Waals surface area contributed by atoms with E-state index in [1.54, 1.807) is 48.4 Å². The molecule has 1 N–H and O–H groups in total. The number of amides is 1. The van der Waals surface area contributed by atoms with Crippen LogP contribution in [0.1, 0.15) is 65.2 Å². The van der Waals surface area contributed by atoms with Gasteiger partial charge in [0.15, 0.2) is 6.04 Å². The van der Waals surface area contributed by atoms with E-state index in [9.17, 15) is 31.1 Å². The molecule has 0 aliphatic carbocycles. The number of hydrogen-bond acceptors (Lipinski definition) is 5. The number of fused-ring (bicyclic) bond motifs is 1. The fraction of sp³-hybridized carbons (Fsp3) is 0.375. The molecule has 2 fully saturated rings. The summed E-state index contributed by atoms with van der Waals surface area (Å²) in [6.07, 6.45) is -0.848. The molecule has 0 spiro atoms. The van der Waals surface area contributed by atoms with Crippen molar-refractivity contribution in [1.82, 2.24) is 29.9 Å². The molecule has 4 heterocycles. The fourth-order valence-electron chi connectivity index (χ4n) is 7.70. The zero-order chi connectivity index (χ0) is 37.3. The molecule has 3 aromatic carbocycles. The topological polar surface area (TPSA) is 66.3 Å². The van der Waals surface area contributed by atoms with Crippen molar-refractivity contribution in [2.24, 2.45) is 7.05 Å². The number of carbonyl (C=O) groups excluding carboxylic acids is 1. The molecular weight excluding hydrogens is 694 g/mol. The first-order valence-corrected chi connectivity index (χ1v) is 17.9. The summed E-state index contributed by atoms with van der Waals surface area (Å²) in [5.41, 5.74) is 1.00. The Labute approximate surface area is 303 Å². The van der Waals surface area contributed by atoms with E-state index in [0.29, 0.717) is 30.3 Å². The van der Waals surface area contributed by atoms with Crippen molar-refractivity contribution in [3.8, 4) is 22.4 Å². The van der Waals surface area contributed by atoms with Crippen LogP contribution in [0.15, 0.2) is 85.2 Å². The summed E-state index contributed by atoms with van der Waals surface area (Å²) < 4.78 is 87.7. The third-order valence-electron chi connectivity index (χ3n) is 10.4. The summed E-state index contributed by atoms with van der Waals surface area (Å²) in [5, 5.41) is 6.80. The van der Waals surface area contributed by atoms with Gasteiger partial charge in [0.05, 0.1) is 28.5 Å². The molecule has 2 aliphatic heterocycles. The molecule has 0 radical (unpaired) electrons. The van der Waals surface area contributed by atoms with E-state index >= 15 is 0 Å². The van der Waals surface area contributed by atoms with Crippen LogP contribution in [-0.2, 0) is 19.8 Å². The summed E-state index contributed by atoms with van der Waals surface area (Å²) in [7, 11) is 1.75. The molecule has 2 aliphatic rings. The van der Waals surface area contributed by atoms with Crippen LogP contribution in [-0.4, -0.2) is 68.9 Å². The van der Waals surface area contributed by atoms with Crippen LogP contribution in [0.25, 0.3) is 33.3 Å². The van der Waals surface area contributed by atoms with Crippen molar-refractivity contribution in [3.63, 3.8) is 0 Å². The van der Waals surface area contributed by atoms with Crippen molar-refractivity contribution in [1.29, 1.82) is 0 Å². The first kappa shape index (κ1) is 36.6. The number of aromatic nitrogens is 3. The highest BCUT2D eigenvalue weighted by Gasteiger charge is 2.43. The minimum absolute atomic E-state index is 0.0588. The van der Waals surface area contributed by atoms with Gasteiger partial charge in [-0.2, -0.15) is 31.4 Å². The SMILES string of the molecule is Cn1cc(-c2ccc3nc(-c4cccc(C(F)(F)F)c4)c(CN4CCC(N5CCCCC5)CC4)c(C(=O)NC(c4ccccc4)C(F)(F)F)c3c2)cn1. The molecule has 1 unspecified atom stereocenters. The third-order valence-corrected chi connectivity index (χ3v) is 10.4. The van der Waals surface area contributed by atoms with E-state index in [4.69, 9.17) is 4.98 Å². The summed E-state index contributed by atoms with van der Waals surface area (Å²) in [5.74, 6) is -1.00. The number of nitrogens with one attached hydrogen (secondary N) is 1. The molecule has 53 heavy (non-hydrogen) atoms. The Morgan fingerprint density at radius 3 is 2.25 bits per heavy atom. The average Bonchev–Trinajstić information content (AvgIpc) is 3.59. The van der Waals surface area contributed by atoms with Crippen LogP contribution in [0.3, 0.4) is 0 Å². The van der Waals surface area contributed by atoms with Gasteiger partial charge in [0.1, 0.15) is 0 Å². The maximum Gasteiger partial charge on any atom is 0.416 e. The lowest BCUT2D eigenvalue weighted by Gasteiger charge is -2.40. The zero-order valence-electron chi connectivity index (χ0n) is 29.2. The van der Waals surface area contributed by atoms with Gasteiger partial charge in [-0.05, 0) is 87.3 Å². The molecule has 7 nitrogen and oxygen atoms in total. The molecular formula is C40H40F6N6O. The minimum Gasteiger partial charge on any atom is -0.337 e. The highest BCUT2D eigenvalue weighted by atomic mass is 19.4. The Hall–Kier alpha value is -4.75. The molecule has 0 bridgehead atoms. The van der Waals surface area contributed by atoms with Gasteiger partial charge in [-0.25, -0.2) is 4.98 Å². The van der Waals surface area contributed by atoms with Crippen molar-refractivity contribution in [2.75, 3.05) is 26.2 Å². The number of aryl methyl sites for hydroxylation is 1. The maximum absolute atomic E-state index is 14.7. The molecule has 2 saturated heterocycles. The van der Waals surface area contributed by atoms with E-state index in [-0.39, 0.29) is 45.4 Å². The van der Waals surface area contributed by atoms with Crippen LogP contribution in [0.2, 0.25) is 0 Å². The normalized spacial score (nSPS) is 17.3. The van der Waals surface area contributed by atoms with Crippen LogP contribution < -0.4 is 5.32 Å². The van der Waals surface area contributed by atoms with Gasteiger partial charge < -0.3 is 10.2 Å². The smallest absolute Gasteiger partial charge is 0.337 e. The Balaban J connectivity index is 1.39. The molecule has 1 atom stereocenters. The number of carbonyl (C=O) groups is 1. The van der Waals surface area contributed by atoms with E-state index in [1.807, 2.05) is 0 Å². The Bertz CT molecular complexity index is 2060. The number of pyridine rings is 1. The van der Waals surface area contributed by atoms with E-state index in [2.05, 4.69) is 20.2 Å². The number of nitrogens with zero attached hydrogens (tertiary/aromatic N) is 5. The Morgan fingerprint density at radius 1 is 0.849 bits per heavy atom. The van der Waals surface area contributed by atoms with Crippen LogP contribution in [0.5, 0.6) is 0 Å². The standard InChI is InChI=1S/C40H40F6N6O/c1-50-24-29(23-47-50)27-13-14-34-32(22-27)35(38(53)49-37(40(44,45)46)26-9-4-2-5-10-26)33(36(48-34)28-11-8-12-30(21-28)39(41,42)43)25-51-19-15-31(16-20-51)52-17-6-3-7-18-52/h2,4-5,8-14,21-24,31,37H,3,6-7,15-20,25H2,1H3,(H,49,53). The van der Waals surface area contributed by atoms with Crippen molar-refractivity contribution < 1.29 is 31.1 Å². The second-order valence-electron chi connectivity index (χ2n) is 14.0. The number of hydrogen-bond donors (Lipinski definition) is 1. The fourth-order valence-corrected chi connectivity index (χ4v) is 7.70. The first-order valence-electron chi connectivity index (χ1n) is 17.9. The van der Waals surface area contributed by atoms with Gasteiger partial charge in [-0.15, -0.1) is 0 Å². The van der Waals surface area contributed by atoms with E-state index in [1.165, 1.54) is 42.8 Å². The lowest BCUT2D eigenvalue weighted by atomic mass is 9.92. The molecule has 1 amide bonds. The molecule has 7 rings (SSSR count). The monoisotopic (exact) mass is 734 g/mol. The molecule has 5 aromatic rings. The Morgan fingerprint density at radius 2 is 1.58 bits per heavy atom. The average molecular weight is 735 g/mol. The van der Waals surface area contributed by atoms with Gasteiger partial charge in [0.2, 0.25) is 0 Å². The number of rotatable bonds is 8. The second-order valence-corrected chi connectivity index (χ2v) is 14.0. The lowest BCUT2D eigenvalue weighted by Crippen LogP contribution is -2.46. The quantitative estimate of drug-likeness (QED) is 0.162. The van der Waals surface area contributed by atoms with Crippen LogP contribution in [0.4, 0.5) is 26.3 Å². The maximum atomic E-state index is 14.7. The number of alkyl halides is 6. The number of benzene rings is 3. The van der Waals surface area contributed by atoms with Crippen LogP contribution >= 0.6 is 0 Å². The second kappa shape index (κ2) is 14.9. The summed E-state index contributed by atoms with van der Waals surface area (Å²) in [4.78, 5) is 24.1. The zero-order valence-corrected chi connectivity index (χ0v) is 29.2. The van der Waals surface area contributed by atoms with Gasteiger partial charge in [-0.1, -0.05) is 55.0 Å². The summed E-state index contributed by atoms with van der Waals surface area (Å²) >= 11 is 0. The van der Waals surface area contributed by atoms with Crippen molar-refractivity contribution >= 4 is 16.8 Å². The van der Waals surface area contributed by atoms with Gasteiger partial charge in [0.25, 0.3) is 5.91 Å². The van der Waals surface area contributed by atoms with Crippen LogP contribution in [0, 0.1) is 0 Å². The molecule has 278 valence electrons. The molecule has 0 saturated carbocycles. The minimum atomic E-state index is -4.85. The molecule has 13 heteroatoms. The van der Waals surface area contributed by atoms with Gasteiger partial charge in [-0.3, -0.25) is 14.4 Å². The highest BCUT2D eigenvalue weighted by molar-refractivity contribution is 6.10. The highest BCUT2D eigenvalue weighted by Crippen LogP contribution is 2.39. The number of piperidine rings is 2. The van der Waals surface area contributed by atoms with Crippen molar-refractivity contribution in [2.45, 2.75) is 63.1 Å². The third kappa shape index (κ3) is 8.11. The van der Waals surface area contributed by atoms with Crippen molar-refractivity contribution in [3.05, 3.63) is 107 Å². The molecule has 2 aromatic heterocycles. The van der Waals surface area contributed by atoms with Gasteiger partial charge in [0, 0.05) is 47.9 Å². The predicted octanol–water partition coefficient (Wildman–Crippen LogP) is 8.80. The lowest BCUT2D eigenvalue weighted by molar-refractivity contribution is -0.155. The largest absolute Gasteiger partial charge is 0.416 e. The van der Waals surface area contributed by atoms with E-state index in [0.717, 1.165) is 50.9 Å².